The van der Waals surface area contributed by atoms with E-state index in [0.717, 1.165) is 11.1 Å². The molecule has 3 nitrogen and oxygen atoms in total. The number of hydrogen-bond acceptors (Lipinski definition) is 3. The molecule has 134 valence electrons. The molecular weight excluding hydrogens is 340 g/mol. The second kappa shape index (κ2) is 8.79. The maximum Gasteiger partial charge on any atom is 0.237 e. The smallest absolute Gasteiger partial charge is 0.237 e. The minimum atomic E-state index is -0.0938. The van der Waals surface area contributed by atoms with Crippen LogP contribution in [0.25, 0.3) is 0 Å². The first kappa shape index (κ1) is 18.4. The fourth-order valence-corrected chi connectivity index (χ4v) is 3.82. The van der Waals surface area contributed by atoms with Gasteiger partial charge in [0, 0.05) is 18.0 Å². The van der Waals surface area contributed by atoms with Gasteiger partial charge in [0.1, 0.15) is 0 Å². The third-order valence-electron chi connectivity index (χ3n) is 4.54. The Hall–Kier alpha value is -2.43. The summed E-state index contributed by atoms with van der Waals surface area (Å²) in [5.74, 6) is 0.0751. The lowest BCUT2D eigenvalue weighted by molar-refractivity contribution is -0.130. The highest BCUT2D eigenvalue weighted by atomic mass is 32.1. The lowest BCUT2D eigenvalue weighted by Gasteiger charge is -2.30. The summed E-state index contributed by atoms with van der Waals surface area (Å²) in [6.07, 6.45) is 0. The van der Waals surface area contributed by atoms with Crippen LogP contribution in [0.1, 0.15) is 35.0 Å². The number of benzene rings is 2. The fraction of sp³-hybridized carbons (Fsp3) is 0.227. The molecule has 0 saturated heterocycles. The van der Waals surface area contributed by atoms with Crippen molar-refractivity contribution >= 4 is 17.2 Å². The van der Waals surface area contributed by atoms with Gasteiger partial charge < -0.3 is 10.2 Å². The van der Waals surface area contributed by atoms with Crippen LogP contribution in [0.5, 0.6) is 0 Å². The second-order valence-electron chi connectivity index (χ2n) is 6.35. The monoisotopic (exact) mass is 364 g/mol. The molecule has 0 fully saturated rings. The van der Waals surface area contributed by atoms with Crippen LogP contribution in [0.3, 0.4) is 0 Å². The van der Waals surface area contributed by atoms with Crippen molar-refractivity contribution in [2.75, 3.05) is 13.6 Å². The quantitative estimate of drug-likeness (QED) is 0.662. The standard InChI is InChI=1S/C22H24N2OS/c1-17(20-14-9-15-26-20)23-16-21(25)24(2)22(18-10-5-3-6-11-18)19-12-7-4-8-13-19/h3-15,17,22-23H,16H2,1-2H3. The normalized spacial score (nSPS) is 12.1. The van der Waals surface area contributed by atoms with Gasteiger partial charge in [0.2, 0.25) is 5.91 Å². The van der Waals surface area contributed by atoms with Gasteiger partial charge in [0.15, 0.2) is 0 Å². The van der Waals surface area contributed by atoms with E-state index < -0.39 is 0 Å². The van der Waals surface area contributed by atoms with E-state index in [1.807, 2.05) is 54.4 Å². The summed E-state index contributed by atoms with van der Waals surface area (Å²) in [5, 5.41) is 5.40. The Balaban J connectivity index is 1.75. The van der Waals surface area contributed by atoms with Crippen molar-refractivity contribution in [2.24, 2.45) is 0 Å². The lowest BCUT2D eigenvalue weighted by atomic mass is 9.97. The zero-order valence-corrected chi connectivity index (χ0v) is 15.9. The Bertz CT molecular complexity index is 763. The highest BCUT2D eigenvalue weighted by Gasteiger charge is 2.23. The first-order valence-corrected chi connectivity index (χ1v) is 9.67. The average Bonchev–Trinajstić information content (AvgIpc) is 3.22. The molecule has 0 bridgehead atoms. The summed E-state index contributed by atoms with van der Waals surface area (Å²) in [5.41, 5.74) is 2.22. The van der Waals surface area contributed by atoms with E-state index in [0.29, 0.717) is 6.54 Å². The summed E-state index contributed by atoms with van der Waals surface area (Å²) in [4.78, 5) is 15.9. The van der Waals surface area contributed by atoms with Crippen molar-refractivity contribution in [3.05, 3.63) is 94.2 Å². The van der Waals surface area contributed by atoms with Gasteiger partial charge in [-0.3, -0.25) is 4.79 Å². The number of amides is 1. The van der Waals surface area contributed by atoms with Crippen LogP contribution in [0.2, 0.25) is 0 Å². The Morgan fingerprint density at radius 2 is 1.54 bits per heavy atom. The van der Waals surface area contributed by atoms with E-state index in [4.69, 9.17) is 0 Å². The maximum atomic E-state index is 12.9. The average molecular weight is 365 g/mol. The number of rotatable bonds is 7. The summed E-state index contributed by atoms with van der Waals surface area (Å²) in [6, 6.07) is 24.5. The molecule has 0 aliphatic heterocycles. The van der Waals surface area contributed by atoms with Crippen molar-refractivity contribution in [3.8, 4) is 0 Å². The van der Waals surface area contributed by atoms with Gasteiger partial charge in [0.25, 0.3) is 0 Å². The molecule has 4 heteroatoms. The number of carbonyl (C=O) groups is 1. The first-order chi connectivity index (χ1) is 12.7. The molecule has 1 amide bonds. The topological polar surface area (TPSA) is 32.3 Å². The number of nitrogens with one attached hydrogen (secondary N) is 1. The van der Waals surface area contributed by atoms with Crippen LogP contribution in [-0.4, -0.2) is 24.4 Å². The van der Waals surface area contributed by atoms with Crippen molar-refractivity contribution in [1.29, 1.82) is 0 Å². The Labute approximate surface area is 159 Å². The molecule has 0 radical (unpaired) electrons. The SMILES string of the molecule is CC(NCC(=O)N(C)C(c1ccccc1)c1ccccc1)c1cccs1. The lowest BCUT2D eigenvalue weighted by Crippen LogP contribution is -2.39. The van der Waals surface area contributed by atoms with Gasteiger partial charge in [-0.05, 0) is 29.5 Å². The summed E-state index contributed by atoms with van der Waals surface area (Å²) in [7, 11) is 1.88. The fourth-order valence-electron chi connectivity index (χ4n) is 3.06. The highest BCUT2D eigenvalue weighted by Crippen LogP contribution is 2.27. The number of nitrogens with zero attached hydrogens (tertiary/aromatic N) is 1. The molecule has 1 heterocycles. The number of hydrogen-bond donors (Lipinski definition) is 1. The third kappa shape index (κ3) is 4.40. The predicted molar refractivity (Wildman–Crippen MR) is 108 cm³/mol. The molecule has 26 heavy (non-hydrogen) atoms. The molecule has 0 saturated carbocycles. The van der Waals surface area contributed by atoms with E-state index in [1.54, 1.807) is 11.3 Å². The van der Waals surface area contributed by atoms with Crippen LogP contribution in [0.15, 0.2) is 78.2 Å². The second-order valence-corrected chi connectivity index (χ2v) is 7.33. The van der Waals surface area contributed by atoms with Gasteiger partial charge in [-0.15, -0.1) is 11.3 Å². The number of likely N-dealkylation sites (N-methyl/N-ethyl adjacent to an activating group) is 1. The van der Waals surface area contributed by atoms with Gasteiger partial charge >= 0.3 is 0 Å². The summed E-state index contributed by atoms with van der Waals surface area (Å²) < 4.78 is 0. The molecule has 0 aliphatic carbocycles. The highest BCUT2D eigenvalue weighted by molar-refractivity contribution is 7.10. The van der Waals surface area contributed by atoms with Crippen molar-refractivity contribution in [2.45, 2.75) is 19.0 Å². The van der Waals surface area contributed by atoms with Crippen LogP contribution >= 0.6 is 11.3 Å². The molecule has 0 spiro atoms. The number of thiophene rings is 1. The van der Waals surface area contributed by atoms with E-state index >= 15 is 0 Å². The molecule has 2 aromatic carbocycles. The van der Waals surface area contributed by atoms with E-state index in [2.05, 4.69) is 48.0 Å². The van der Waals surface area contributed by atoms with E-state index in [-0.39, 0.29) is 18.0 Å². The van der Waals surface area contributed by atoms with Crippen molar-refractivity contribution in [3.63, 3.8) is 0 Å². The van der Waals surface area contributed by atoms with Crippen molar-refractivity contribution < 1.29 is 4.79 Å². The van der Waals surface area contributed by atoms with E-state index in [1.165, 1.54) is 4.88 Å². The largest absolute Gasteiger partial charge is 0.334 e. The van der Waals surface area contributed by atoms with Crippen LogP contribution in [-0.2, 0) is 4.79 Å². The summed E-state index contributed by atoms with van der Waals surface area (Å²) in [6.45, 7) is 2.40. The maximum absolute atomic E-state index is 12.9. The Kier molecular flexibility index (Phi) is 6.21. The zero-order chi connectivity index (χ0) is 18.4. The zero-order valence-electron chi connectivity index (χ0n) is 15.1. The van der Waals surface area contributed by atoms with Gasteiger partial charge in [0.05, 0.1) is 12.6 Å². The van der Waals surface area contributed by atoms with Gasteiger partial charge in [-0.2, -0.15) is 0 Å². The van der Waals surface area contributed by atoms with Gasteiger partial charge in [-0.1, -0.05) is 66.7 Å². The van der Waals surface area contributed by atoms with Crippen molar-refractivity contribution in [1.82, 2.24) is 10.2 Å². The molecule has 1 N–H and O–H groups in total. The molecule has 3 aromatic rings. The van der Waals surface area contributed by atoms with Crippen LogP contribution < -0.4 is 5.32 Å². The Morgan fingerprint density at radius 3 is 2.04 bits per heavy atom. The summed E-state index contributed by atoms with van der Waals surface area (Å²) >= 11 is 1.70. The van der Waals surface area contributed by atoms with Gasteiger partial charge in [-0.25, -0.2) is 0 Å². The Morgan fingerprint density at radius 1 is 0.962 bits per heavy atom. The minimum Gasteiger partial charge on any atom is -0.334 e. The third-order valence-corrected chi connectivity index (χ3v) is 5.60. The molecule has 1 unspecified atom stereocenters. The minimum absolute atomic E-state index is 0.0751. The molecular formula is C22H24N2OS. The predicted octanol–water partition coefficient (Wildman–Crippen LogP) is 4.65. The van der Waals surface area contributed by atoms with Crippen LogP contribution in [0, 0.1) is 0 Å². The van der Waals surface area contributed by atoms with Crippen LogP contribution in [0.4, 0.5) is 0 Å². The number of carbonyl (C=O) groups excluding carboxylic acids is 1. The first-order valence-electron chi connectivity index (χ1n) is 8.79. The molecule has 3 rings (SSSR count). The molecule has 0 aliphatic rings. The van der Waals surface area contributed by atoms with E-state index in [9.17, 15) is 4.79 Å². The molecule has 1 atom stereocenters. The molecule has 1 aromatic heterocycles.